The van der Waals surface area contributed by atoms with Gasteiger partial charge in [0.05, 0.1) is 17.5 Å². The fourth-order valence-electron chi connectivity index (χ4n) is 2.72. The first kappa shape index (κ1) is 22.4. The molecule has 0 heterocycles. The van der Waals surface area contributed by atoms with Gasteiger partial charge in [-0.1, -0.05) is 25.3 Å². The van der Waals surface area contributed by atoms with Crippen LogP contribution in [0.25, 0.3) is 0 Å². The smallest absolute Gasteiger partial charge is 0.320 e. The van der Waals surface area contributed by atoms with Crippen LogP contribution < -0.4 is 15.8 Å². The number of carbonyl (C=O) groups is 2. The van der Waals surface area contributed by atoms with Crippen molar-refractivity contribution in [2.24, 2.45) is 5.73 Å². The van der Waals surface area contributed by atoms with E-state index in [0.717, 1.165) is 19.3 Å². The fourth-order valence-corrected chi connectivity index (χ4v) is 3.73. The van der Waals surface area contributed by atoms with Crippen LogP contribution in [-0.2, 0) is 24.3 Å². The predicted molar refractivity (Wildman–Crippen MR) is 99.5 cm³/mol. The number of amides is 1. The Kier molecular flexibility index (Phi) is 8.01. The minimum atomic E-state index is -3.90. The molecule has 8 nitrogen and oxygen atoms in total. The van der Waals surface area contributed by atoms with Gasteiger partial charge in [0.15, 0.2) is 0 Å². The SMILES string of the molecule is COC(=O)CNS(=O)(=O)c1cccc(NC(=O)C2(N)CCCCC2)c1.Cl. The molecule has 26 heavy (non-hydrogen) atoms. The summed E-state index contributed by atoms with van der Waals surface area (Å²) in [5.74, 6) is -1.01. The summed E-state index contributed by atoms with van der Waals surface area (Å²) in [5.41, 5.74) is 5.59. The van der Waals surface area contributed by atoms with Gasteiger partial charge >= 0.3 is 5.97 Å². The maximum absolute atomic E-state index is 12.4. The van der Waals surface area contributed by atoms with Crippen LogP contribution in [0.1, 0.15) is 32.1 Å². The first-order valence-electron chi connectivity index (χ1n) is 8.04. The summed E-state index contributed by atoms with van der Waals surface area (Å²) in [4.78, 5) is 23.5. The van der Waals surface area contributed by atoms with Crippen molar-refractivity contribution in [1.82, 2.24) is 4.72 Å². The molecular formula is C16H24ClN3O5S. The van der Waals surface area contributed by atoms with Crippen molar-refractivity contribution < 1.29 is 22.7 Å². The molecule has 0 radical (unpaired) electrons. The number of hydrogen-bond donors (Lipinski definition) is 3. The minimum absolute atomic E-state index is 0. The summed E-state index contributed by atoms with van der Waals surface area (Å²) in [7, 11) is -2.73. The number of hydrogen-bond acceptors (Lipinski definition) is 6. The molecule has 0 spiro atoms. The number of benzene rings is 1. The highest BCUT2D eigenvalue weighted by molar-refractivity contribution is 7.89. The van der Waals surface area contributed by atoms with Crippen molar-refractivity contribution in [2.75, 3.05) is 19.0 Å². The Morgan fingerprint density at radius 2 is 1.88 bits per heavy atom. The maximum Gasteiger partial charge on any atom is 0.320 e. The first-order valence-corrected chi connectivity index (χ1v) is 9.52. The first-order chi connectivity index (χ1) is 11.8. The fraction of sp³-hybridized carbons (Fsp3) is 0.500. The number of anilines is 1. The second-order valence-electron chi connectivity index (χ2n) is 6.10. The lowest BCUT2D eigenvalue weighted by Crippen LogP contribution is -2.52. The third kappa shape index (κ3) is 5.66. The van der Waals surface area contributed by atoms with Crippen LogP contribution in [0, 0.1) is 0 Å². The van der Waals surface area contributed by atoms with E-state index in [1.165, 1.54) is 25.3 Å². The Hall–Kier alpha value is -1.68. The summed E-state index contributed by atoms with van der Waals surface area (Å²) in [6.45, 7) is -0.471. The third-order valence-electron chi connectivity index (χ3n) is 4.23. The van der Waals surface area contributed by atoms with Gasteiger partial charge in [-0.05, 0) is 31.0 Å². The average Bonchev–Trinajstić information content (AvgIpc) is 2.60. The van der Waals surface area contributed by atoms with Gasteiger partial charge < -0.3 is 15.8 Å². The number of methoxy groups -OCH3 is 1. The number of sulfonamides is 1. The number of nitrogens with two attached hydrogens (primary N) is 1. The van der Waals surface area contributed by atoms with Crippen LogP contribution in [0.4, 0.5) is 5.69 Å². The Labute approximate surface area is 159 Å². The molecule has 10 heteroatoms. The Bertz CT molecular complexity index is 748. The second kappa shape index (κ2) is 9.31. The molecule has 0 bridgehead atoms. The lowest BCUT2D eigenvalue weighted by Gasteiger charge is -2.31. The number of carbonyl (C=O) groups excluding carboxylic acids is 2. The van der Waals surface area contributed by atoms with Crippen LogP contribution in [0.3, 0.4) is 0 Å². The topological polar surface area (TPSA) is 128 Å². The molecule has 0 unspecified atom stereocenters. The van der Waals surface area contributed by atoms with Gasteiger partial charge in [0.25, 0.3) is 0 Å². The molecular weight excluding hydrogens is 382 g/mol. The number of esters is 1. The van der Waals surface area contributed by atoms with E-state index in [4.69, 9.17) is 5.73 Å². The van der Waals surface area contributed by atoms with Crippen LogP contribution in [0.15, 0.2) is 29.2 Å². The van der Waals surface area contributed by atoms with E-state index in [1.54, 1.807) is 6.07 Å². The summed E-state index contributed by atoms with van der Waals surface area (Å²) in [6.07, 6.45) is 4.08. The number of ether oxygens (including phenoxy) is 1. The Morgan fingerprint density at radius 1 is 1.23 bits per heavy atom. The van der Waals surface area contributed by atoms with Gasteiger partial charge in [-0.3, -0.25) is 9.59 Å². The number of halogens is 1. The normalized spacial score (nSPS) is 16.2. The highest BCUT2D eigenvalue weighted by atomic mass is 35.5. The van der Waals surface area contributed by atoms with E-state index in [1.807, 2.05) is 0 Å². The van der Waals surface area contributed by atoms with Crippen molar-refractivity contribution in [1.29, 1.82) is 0 Å². The van der Waals surface area contributed by atoms with E-state index in [0.29, 0.717) is 18.5 Å². The van der Waals surface area contributed by atoms with Crippen LogP contribution in [0.2, 0.25) is 0 Å². The molecule has 1 aromatic carbocycles. The maximum atomic E-state index is 12.4. The molecule has 1 aromatic rings. The molecule has 4 N–H and O–H groups in total. The Morgan fingerprint density at radius 3 is 2.50 bits per heavy atom. The lowest BCUT2D eigenvalue weighted by molar-refractivity contribution is -0.139. The van der Waals surface area contributed by atoms with Gasteiger partial charge in [-0.25, -0.2) is 8.42 Å². The molecule has 1 fully saturated rings. The quantitative estimate of drug-likeness (QED) is 0.609. The van der Waals surface area contributed by atoms with Crippen molar-refractivity contribution in [3.8, 4) is 0 Å². The lowest BCUT2D eigenvalue weighted by atomic mass is 9.82. The largest absolute Gasteiger partial charge is 0.468 e. The van der Waals surface area contributed by atoms with E-state index < -0.39 is 28.1 Å². The van der Waals surface area contributed by atoms with Crippen LogP contribution in [-0.4, -0.2) is 39.5 Å². The standard InChI is InChI=1S/C16H23N3O5S.ClH/c1-24-14(20)11-18-25(22,23)13-7-5-6-12(10-13)19-15(21)16(17)8-3-2-4-9-16;/h5-7,10,18H,2-4,8-9,11,17H2,1H3,(H,19,21);1H. The summed E-state index contributed by atoms with van der Waals surface area (Å²) in [6, 6.07) is 5.79. The Balaban J connectivity index is 0.00000338. The highest BCUT2D eigenvalue weighted by Gasteiger charge is 2.35. The third-order valence-corrected chi connectivity index (χ3v) is 5.63. The van der Waals surface area contributed by atoms with Crippen molar-refractivity contribution in [3.63, 3.8) is 0 Å². The van der Waals surface area contributed by atoms with Gasteiger partial charge in [-0.15, -0.1) is 12.4 Å². The molecule has 2 rings (SSSR count). The van der Waals surface area contributed by atoms with Crippen LogP contribution in [0.5, 0.6) is 0 Å². The average molecular weight is 406 g/mol. The van der Waals surface area contributed by atoms with Gasteiger partial charge in [0, 0.05) is 5.69 Å². The molecule has 0 saturated heterocycles. The molecule has 146 valence electrons. The van der Waals surface area contributed by atoms with Crippen LogP contribution >= 0.6 is 12.4 Å². The van der Waals surface area contributed by atoms with E-state index in [2.05, 4.69) is 14.8 Å². The second-order valence-corrected chi connectivity index (χ2v) is 7.87. The van der Waals surface area contributed by atoms with Crippen molar-refractivity contribution in [2.45, 2.75) is 42.5 Å². The summed E-state index contributed by atoms with van der Waals surface area (Å²) >= 11 is 0. The number of rotatable bonds is 6. The zero-order valence-corrected chi connectivity index (χ0v) is 16.1. The zero-order valence-electron chi connectivity index (χ0n) is 14.5. The van der Waals surface area contributed by atoms with E-state index in [-0.39, 0.29) is 23.2 Å². The predicted octanol–water partition coefficient (Wildman–Crippen LogP) is 1.16. The van der Waals surface area contributed by atoms with Crippen molar-refractivity contribution in [3.05, 3.63) is 24.3 Å². The van der Waals surface area contributed by atoms with Gasteiger partial charge in [-0.2, -0.15) is 4.72 Å². The van der Waals surface area contributed by atoms with Gasteiger partial charge in [0.1, 0.15) is 6.54 Å². The monoisotopic (exact) mass is 405 g/mol. The molecule has 1 amide bonds. The zero-order chi connectivity index (χ0) is 18.5. The number of nitrogens with one attached hydrogen (secondary N) is 2. The molecule has 1 saturated carbocycles. The highest BCUT2D eigenvalue weighted by Crippen LogP contribution is 2.27. The molecule has 0 atom stereocenters. The van der Waals surface area contributed by atoms with Crippen molar-refractivity contribution >= 4 is 40.0 Å². The molecule has 1 aliphatic carbocycles. The summed E-state index contributed by atoms with van der Waals surface area (Å²) < 4.78 is 30.9. The minimum Gasteiger partial charge on any atom is -0.468 e. The molecule has 0 aromatic heterocycles. The molecule has 1 aliphatic rings. The van der Waals surface area contributed by atoms with E-state index >= 15 is 0 Å². The summed E-state index contributed by atoms with van der Waals surface area (Å²) in [5, 5.41) is 2.69. The van der Waals surface area contributed by atoms with Gasteiger partial charge in [0.2, 0.25) is 15.9 Å². The van der Waals surface area contributed by atoms with E-state index in [9.17, 15) is 18.0 Å². The molecule has 0 aliphatic heterocycles.